The monoisotopic (exact) mass is 294 g/mol. The molecule has 22 heavy (non-hydrogen) atoms. The molecule has 0 heterocycles. The van der Waals surface area contributed by atoms with Crippen molar-refractivity contribution in [2.24, 2.45) is 0 Å². The minimum Gasteiger partial charge on any atom is -0.494 e. The minimum absolute atomic E-state index is 0.139. The number of carbonyl (C=O) groups excluding carboxylic acids is 1. The summed E-state index contributed by atoms with van der Waals surface area (Å²) >= 11 is 0. The van der Waals surface area contributed by atoms with Gasteiger partial charge >= 0.3 is 0 Å². The summed E-state index contributed by atoms with van der Waals surface area (Å²) in [7, 11) is 0. The quantitative estimate of drug-likeness (QED) is 0.833. The number of hydrogen-bond donors (Lipinski definition) is 1. The first-order chi connectivity index (χ1) is 10.7. The van der Waals surface area contributed by atoms with Gasteiger partial charge in [0, 0.05) is 12.1 Å². The fraction of sp³-hybridized carbons (Fsp3) is 0.222. The highest BCUT2D eigenvalue weighted by Crippen LogP contribution is 2.12. The van der Waals surface area contributed by atoms with Gasteiger partial charge in [0.15, 0.2) is 0 Å². The molecule has 2 rings (SSSR count). The van der Waals surface area contributed by atoms with Crippen molar-refractivity contribution >= 4 is 5.91 Å². The van der Waals surface area contributed by atoms with E-state index in [0.29, 0.717) is 24.3 Å². The molecule has 0 saturated carbocycles. The molecule has 0 fully saturated rings. The summed E-state index contributed by atoms with van der Waals surface area (Å²) in [5, 5.41) is 11.5. The van der Waals surface area contributed by atoms with Crippen molar-refractivity contribution in [3.8, 4) is 11.8 Å². The number of nitrogens with zero attached hydrogens (tertiary/aromatic N) is 1. The van der Waals surface area contributed by atoms with Crippen LogP contribution in [-0.4, -0.2) is 19.1 Å². The lowest BCUT2D eigenvalue weighted by atomic mass is 10.1. The number of nitrogens with one attached hydrogen (secondary N) is 1. The smallest absolute Gasteiger partial charge is 0.251 e. The van der Waals surface area contributed by atoms with Gasteiger partial charge in [-0.1, -0.05) is 12.1 Å². The SMILES string of the molecule is Cc1cccc(OCCCNC(=O)c2ccc(C#N)cc2)c1. The molecule has 1 N–H and O–H groups in total. The molecule has 1 amide bonds. The molecule has 0 aliphatic carbocycles. The Labute approximate surface area is 130 Å². The van der Waals surface area contributed by atoms with E-state index in [9.17, 15) is 4.79 Å². The van der Waals surface area contributed by atoms with Gasteiger partial charge in [-0.2, -0.15) is 5.26 Å². The van der Waals surface area contributed by atoms with E-state index in [2.05, 4.69) is 5.32 Å². The molecule has 112 valence electrons. The average Bonchev–Trinajstić information content (AvgIpc) is 2.54. The summed E-state index contributed by atoms with van der Waals surface area (Å²) in [4.78, 5) is 11.9. The predicted octanol–water partition coefficient (Wildman–Crippen LogP) is 3.07. The lowest BCUT2D eigenvalue weighted by Crippen LogP contribution is -2.25. The topological polar surface area (TPSA) is 62.1 Å². The van der Waals surface area contributed by atoms with Gasteiger partial charge in [-0.05, 0) is 55.3 Å². The number of aryl methyl sites for hydroxylation is 1. The second-order valence-electron chi connectivity index (χ2n) is 4.96. The van der Waals surface area contributed by atoms with Crippen molar-refractivity contribution in [1.29, 1.82) is 5.26 Å². The van der Waals surface area contributed by atoms with Crippen LogP contribution in [0.15, 0.2) is 48.5 Å². The Morgan fingerprint density at radius 1 is 1.23 bits per heavy atom. The summed E-state index contributed by atoms with van der Waals surface area (Å²) in [6, 6.07) is 16.5. The van der Waals surface area contributed by atoms with Crippen molar-refractivity contribution in [3.05, 3.63) is 65.2 Å². The Morgan fingerprint density at radius 3 is 2.68 bits per heavy atom. The molecular weight excluding hydrogens is 276 g/mol. The summed E-state index contributed by atoms with van der Waals surface area (Å²) in [5.74, 6) is 0.707. The highest BCUT2D eigenvalue weighted by Gasteiger charge is 2.04. The number of benzene rings is 2. The van der Waals surface area contributed by atoms with Crippen molar-refractivity contribution < 1.29 is 9.53 Å². The van der Waals surface area contributed by atoms with Crippen LogP contribution < -0.4 is 10.1 Å². The van der Waals surface area contributed by atoms with Gasteiger partial charge in [0.1, 0.15) is 5.75 Å². The maximum atomic E-state index is 11.9. The van der Waals surface area contributed by atoms with Crippen LogP contribution in [-0.2, 0) is 0 Å². The van der Waals surface area contributed by atoms with Crippen LogP contribution in [0.4, 0.5) is 0 Å². The molecule has 2 aromatic carbocycles. The first-order valence-corrected chi connectivity index (χ1v) is 7.17. The molecule has 0 atom stereocenters. The van der Waals surface area contributed by atoms with E-state index in [0.717, 1.165) is 17.7 Å². The number of ether oxygens (including phenoxy) is 1. The fourth-order valence-electron chi connectivity index (χ4n) is 1.97. The third kappa shape index (κ3) is 4.64. The Morgan fingerprint density at radius 2 is 2.00 bits per heavy atom. The molecule has 0 aliphatic heterocycles. The Balaban J connectivity index is 1.70. The van der Waals surface area contributed by atoms with Crippen LogP contribution in [0, 0.1) is 18.3 Å². The number of amides is 1. The van der Waals surface area contributed by atoms with Crippen molar-refractivity contribution in [1.82, 2.24) is 5.32 Å². The molecule has 0 aliphatic rings. The molecular formula is C18H18N2O2. The third-order valence-electron chi connectivity index (χ3n) is 3.14. The van der Waals surface area contributed by atoms with Crippen molar-refractivity contribution in [3.63, 3.8) is 0 Å². The van der Waals surface area contributed by atoms with Gasteiger partial charge < -0.3 is 10.1 Å². The highest BCUT2D eigenvalue weighted by atomic mass is 16.5. The first-order valence-electron chi connectivity index (χ1n) is 7.17. The van der Waals surface area contributed by atoms with Crippen molar-refractivity contribution in [2.75, 3.05) is 13.2 Å². The van der Waals surface area contributed by atoms with Gasteiger partial charge in [0.2, 0.25) is 0 Å². The largest absolute Gasteiger partial charge is 0.494 e. The lowest BCUT2D eigenvalue weighted by molar-refractivity contribution is 0.0951. The van der Waals surface area contributed by atoms with Crippen LogP contribution in [0.5, 0.6) is 5.75 Å². The van der Waals surface area contributed by atoms with Crippen LogP contribution in [0.25, 0.3) is 0 Å². The molecule has 0 unspecified atom stereocenters. The van der Waals surface area contributed by atoms with Crippen LogP contribution in [0.1, 0.15) is 27.9 Å². The zero-order valence-corrected chi connectivity index (χ0v) is 12.5. The average molecular weight is 294 g/mol. The Kier molecular flexibility index (Phi) is 5.56. The second kappa shape index (κ2) is 7.84. The molecule has 0 spiro atoms. The predicted molar refractivity (Wildman–Crippen MR) is 84.8 cm³/mol. The van der Waals surface area contributed by atoms with Gasteiger partial charge in [0.25, 0.3) is 5.91 Å². The third-order valence-corrected chi connectivity index (χ3v) is 3.14. The van der Waals surface area contributed by atoms with Crippen LogP contribution >= 0.6 is 0 Å². The zero-order chi connectivity index (χ0) is 15.8. The molecule has 0 aromatic heterocycles. The summed E-state index contributed by atoms with van der Waals surface area (Å²) in [5.41, 5.74) is 2.26. The van der Waals surface area contributed by atoms with Gasteiger partial charge in [0.05, 0.1) is 18.2 Å². The van der Waals surface area contributed by atoms with Crippen molar-refractivity contribution in [2.45, 2.75) is 13.3 Å². The normalized spacial score (nSPS) is 9.82. The highest BCUT2D eigenvalue weighted by molar-refractivity contribution is 5.94. The number of carbonyl (C=O) groups is 1. The standard InChI is InChI=1S/C18H18N2O2/c1-14-4-2-5-17(12-14)22-11-3-10-20-18(21)16-8-6-15(13-19)7-9-16/h2,4-9,12H,3,10-11H2,1H3,(H,20,21). The Hall–Kier alpha value is -2.80. The maximum Gasteiger partial charge on any atom is 0.251 e. The van der Waals surface area contributed by atoms with E-state index in [-0.39, 0.29) is 5.91 Å². The minimum atomic E-state index is -0.139. The molecule has 2 aromatic rings. The van der Waals surface area contributed by atoms with E-state index < -0.39 is 0 Å². The second-order valence-corrected chi connectivity index (χ2v) is 4.96. The van der Waals surface area contributed by atoms with Gasteiger partial charge in [-0.15, -0.1) is 0 Å². The number of rotatable bonds is 6. The van der Waals surface area contributed by atoms with E-state index >= 15 is 0 Å². The molecule has 0 radical (unpaired) electrons. The van der Waals surface area contributed by atoms with Gasteiger partial charge in [-0.25, -0.2) is 0 Å². The van der Waals surface area contributed by atoms with E-state index in [1.54, 1.807) is 24.3 Å². The van der Waals surface area contributed by atoms with E-state index in [1.165, 1.54) is 0 Å². The zero-order valence-electron chi connectivity index (χ0n) is 12.5. The maximum absolute atomic E-state index is 11.9. The summed E-state index contributed by atoms with van der Waals surface area (Å²) in [6.45, 7) is 3.12. The number of hydrogen-bond acceptors (Lipinski definition) is 3. The van der Waals surface area contributed by atoms with Crippen LogP contribution in [0.3, 0.4) is 0 Å². The van der Waals surface area contributed by atoms with Gasteiger partial charge in [-0.3, -0.25) is 4.79 Å². The summed E-state index contributed by atoms with van der Waals surface area (Å²) < 4.78 is 5.62. The molecule has 0 bridgehead atoms. The molecule has 4 nitrogen and oxygen atoms in total. The van der Waals surface area contributed by atoms with Crippen LogP contribution in [0.2, 0.25) is 0 Å². The molecule has 4 heteroatoms. The van der Waals surface area contributed by atoms with E-state index in [4.69, 9.17) is 10.00 Å². The summed E-state index contributed by atoms with van der Waals surface area (Å²) in [6.07, 6.45) is 0.732. The Bertz CT molecular complexity index is 672. The molecule has 0 saturated heterocycles. The fourth-order valence-corrected chi connectivity index (χ4v) is 1.97. The lowest BCUT2D eigenvalue weighted by Gasteiger charge is -2.08. The number of nitriles is 1. The van der Waals surface area contributed by atoms with E-state index in [1.807, 2.05) is 37.3 Å². The first kappa shape index (κ1) is 15.6.